The van der Waals surface area contributed by atoms with E-state index in [4.69, 9.17) is 11.6 Å². The highest BCUT2D eigenvalue weighted by molar-refractivity contribution is 7.76. The lowest BCUT2D eigenvalue weighted by Crippen LogP contribution is -2.30. The Bertz CT molecular complexity index is 1010. The van der Waals surface area contributed by atoms with Gasteiger partial charge in [-0.3, -0.25) is 4.57 Å². The average molecular weight is 438 g/mol. The number of hydrogen-bond acceptors (Lipinski definition) is 1. The molecule has 0 radical (unpaired) electrons. The molecule has 3 aromatic carbocycles. The van der Waals surface area contributed by atoms with Crippen molar-refractivity contribution in [3.8, 4) is 11.5 Å². The normalized spacial score (nSPS) is 12.7. The lowest BCUT2D eigenvalue weighted by molar-refractivity contribution is 0.574. The molecule has 0 heterocycles. The first kappa shape index (κ1) is 21.6. The smallest absolute Gasteiger partial charge is 0.205 e. The van der Waals surface area contributed by atoms with E-state index < -0.39 is 15.4 Å². The van der Waals surface area contributed by atoms with E-state index in [9.17, 15) is 4.57 Å². The SMILES string of the molecule is C[Si](C)(C)C#C[C@@H](NP(=O)(c1ccccc1)c1ccccc1)c1ccc(Cl)cc1. The van der Waals surface area contributed by atoms with Crippen molar-refractivity contribution in [2.24, 2.45) is 0 Å². The monoisotopic (exact) mass is 437 g/mol. The topological polar surface area (TPSA) is 29.1 Å². The van der Waals surface area contributed by atoms with Gasteiger partial charge in [0.2, 0.25) is 7.29 Å². The van der Waals surface area contributed by atoms with Gasteiger partial charge in [-0.1, -0.05) is 85.7 Å². The third-order valence-corrected chi connectivity index (χ3v) is 8.16. The van der Waals surface area contributed by atoms with Gasteiger partial charge in [-0.15, -0.1) is 5.54 Å². The molecule has 0 saturated heterocycles. The molecule has 0 aliphatic rings. The van der Waals surface area contributed by atoms with Crippen molar-refractivity contribution in [3.63, 3.8) is 0 Å². The molecule has 0 unspecified atom stereocenters. The standard InChI is InChI=1S/C24H25ClNOPSi/c1-29(2,3)19-18-24(20-14-16-21(25)17-15-20)26-28(27,22-10-6-4-7-11-22)23-12-8-5-9-13-23/h4-17,24H,1-3H3,(H,26,27)/t24-/m1/s1. The van der Waals surface area contributed by atoms with Gasteiger partial charge >= 0.3 is 0 Å². The Morgan fingerprint density at radius 1 is 0.828 bits per heavy atom. The van der Waals surface area contributed by atoms with Crippen molar-refractivity contribution < 1.29 is 4.57 Å². The van der Waals surface area contributed by atoms with Crippen LogP contribution in [0.1, 0.15) is 11.6 Å². The summed E-state index contributed by atoms with van der Waals surface area (Å²) in [5, 5.41) is 5.63. The molecule has 2 nitrogen and oxygen atoms in total. The van der Waals surface area contributed by atoms with E-state index in [1.54, 1.807) is 0 Å². The van der Waals surface area contributed by atoms with Crippen LogP contribution in [-0.4, -0.2) is 8.07 Å². The van der Waals surface area contributed by atoms with Gasteiger partial charge in [-0.25, -0.2) is 5.09 Å². The van der Waals surface area contributed by atoms with Crippen LogP contribution in [-0.2, 0) is 4.57 Å². The molecular weight excluding hydrogens is 413 g/mol. The van der Waals surface area contributed by atoms with Gasteiger partial charge in [0.25, 0.3) is 0 Å². The number of halogens is 1. The summed E-state index contributed by atoms with van der Waals surface area (Å²) in [6.45, 7) is 6.60. The average Bonchev–Trinajstić information content (AvgIpc) is 2.72. The van der Waals surface area contributed by atoms with Gasteiger partial charge in [0, 0.05) is 15.6 Å². The second kappa shape index (κ2) is 9.16. The fourth-order valence-corrected chi connectivity index (χ4v) is 5.95. The summed E-state index contributed by atoms with van der Waals surface area (Å²) < 4.78 is 14.4. The van der Waals surface area contributed by atoms with E-state index in [0.29, 0.717) is 5.02 Å². The minimum atomic E-state index is -3.11. The van der Waals surface area contributed by atoms with Gasteiger partial charge in [0.1, 0.15) is 8.07 Å². The summed E-state index contributed by atoms with van der Waals surface area (Å²) in [6, 6.07) is 26.4. The maximum absolute atomic E-state index is 14.4. The summed E-state index contributed by atoms with van der Waals surface area (Å²) >= 11 is 6.09. The number of hydrogen-bond donors (Lipinski definition) is 1. The first-order chi connectivity index (χ1) is 13.8. The van der Waals surface area contributed by atoms with Crippen molar-refractivity contribution in [1.29, 1.82) is 0 Å². The van der Waals surface area contributed by atoms with E-state index in [1.807, 2.05) is 84.9 Å². The minimum Gasteiger partial charge on any atom is -0.296 e. The predicted octanol–water partition coefficient (Wildman–Crippen LogP) is 5.78. The first-order valence-electron chi connectivity index (χ1n) is 9.55. The lowest BCUT2D eigenvalue weighted by atomic mass is 10.1. The van der Waals surface area contributed by atoms with Gasteiger partial charge in [0.05, 0.1) is 6.04 Å². The number of rotatable bonds is 5. The van der Waals surface area contributed by atoms with E-state index in [0.717, 1.165) is 16.2 Å². The van der Waals surface area contributed by atoms with Crippen LogP contribution in [0, 0.1) is 11.5 Å². The molecule has 0 aromatic heterocycles. The molecule has 0 saturated carbocycles. The third-order valence-electron chi connectivity index (χ3n) is 4.35. The van der Waals surface area contributed by atoms with Gasteiger partial charge in [0.15, 0.2) is 0 Å². The Balaban J connectivity index is 2.11. The molecule has 0 fully saturated rings. The molecule has 3 rings (SSSR count). The van der Waals surface area contributed by atoms with Crippen molar-refractivity contribution >= 4 is 37.6 Å². The van der Waals surface area contributed by atoms with Crippen molar-refractivity contribution in [2.75, 3.05) is 0 Å². The Kier molecular flexibility index (Phi) is 6.83. The highest BCUT2D eigenvalue weighted by atomic mass is 35.5. The van der Waals surface area contributed by atoms with Crippen LogP contribution in [0.4, 0.5) is 0 Å². The largest absolute Gasteiger partial charge is 0.296 e. The maximum Gasteiger partial charge on any atom is 0.205 e. The number of benzene rings is 3. The summed E-state index contributed by atoms with van der Waals surface area (Å²) in [6.07, 6.45) is 0. The lowest BCUT2D eigenvalue weighted by Gasteiger charge is -2.25. The van der Waals surface area contributed by atoms with Crippen molar-refractivity contribution in [1.82, 2.24) is 5.09 Å². The van der Waals surface area contributed by atoms with E-state index in [2.05, 4.69) is 36.2 Å². The summed E-state index contributed by atoms with van der Waals surface area (Å²) in [5.41, 5.74) is 4.38. The van der Waals surface area contributed by atoms with E-state index in [-0.39, 0.29) is 6.04 Å². The van der Waals surface area contributed by atoms with Gasteiger partial charge < -0.3 is 0 Å². The number of nitrogens with one attached hydrogen (secondary N) is 1. The fourth-order valence-electron chi connectivity index (χ4n) is 2.89. The third kappa shape index (κ3) is 5.72. The van der Waals surface area contributed by atoms with Crippen molar-refractivity contribution in [2.45, 2.75) is 25.7 Å². The van der Waals surface area contributed by atoms with E-state index >= 15 is 0 Å². The second-order valence-electron chi connectivity index (χ2n) is 7.91. The molecule has 0 aliphatic heterocycles. The Morgan fingerprint density at radius 3 is 1.76 bits per heavy atom. The molecular formula is C24H25ClNOPSi. The van der Waals surface area contributed by atoms with Crippen LogP contribution in [0.25, 0.3) is 0 Å². The highest BCUT2D eigenvalue weighted by Crippen LogP contribution is 2.41. The van der Waals surface area contributed by atoms with E-state index in [1.165, 1.54) is 0 Å². The molecule has 5 heteroatoms. The fraction of sp³-hybridized carbons (Fsp3) is 0.167. The molecule has 0 aliphatic carbocycles. The van der Waals surface area contributed by atoms with Crippen LogP contribution in [0.2, 0.25) is 24.7 Å². The maximum atomic E-state index is 14.4. The molecule has 148 valence electrons. The molecule has 1 N–H and O–H groups in total. The molecule has 0 bridgehead atoms. The van der Waals surface area contributed by atoms with Crippen molar-refractivity contribution in [3.05, 3.63) is 95.5 Å². The van der Waals surface area contributed by atoms with Crippen LogP contribution >= 0.6 is 18.9 Å². The Labute approximate surface area is 179 Å². The second-order valence-corrected chi connectivity index (χ2v) is 15.6. The van der Waals surface area contributed by atoms with Gasteiger partial charge in [-0.05, 0) is 42.0 Å². The van der Waals surface area contributed by atoms with Crippen LogP contribution in [0.3, 0.4) is 0 Å². The van der Waals surface area contributed by atoms with Crippen LogP contribution in [0.15, 0.2) is 84.9 Å². The summed E-state index contributed by atoms with van der Waals surface area (Å²) in [4.78, 5) is 0. The predicted molar refractivity (Wildman–Crippen MR) is 128 cm³/mol. The molecule has 0 spiro atoms. The molecule has 3 aromatic rings. The molecule has 29 heavy (non-hydrogen) atoms. The quantitative estimate of drug-likeness (QED) is 0.311. The minimum absolute atomic E-state index is 0.370. The van der Waals surface area contributed by atoms with Crippen LogP contribution in [0.5, 0.6) is 0 Å². The Morgan fingerprint density at radius 2 is 1.31 bits per heavy atom. The summed E-state index contributed by atoms with van der Waals surface area (Å²) in [7, 11) is -4.72. The zero-order chi connectivity index (χ0) is 20.9. The van der Waals surface area contributed by atoms with Crippen LogP contribution < -0.4 is 15.7 Å². The molecule has 0 amide bonds. The first-order valence-corrected chi connectivity index (χ1v) is 15.1. The zero-order valence-electron chi connectivity index (χ0n) is 16.9. The summed E-state index contributed by atoms with van der Waals surface area (Å²) in [5.74, 6) is 3.38. The Hall–Kier alpha value is -2.08. The molecule has 1 atom stereocenters. The van der Waals surface area contributed by atoms with Gasteiger partial charge in [-0.2, -0.15) is 0 Å². The zero-order valence-corrected chi connectivity index (χ0v) is 19.5. The highest BCUT2D eigenvalue weighted by Gasteiger charge is 2.30.